The third kappa shape index (κ3) is 2.82. The lowest BCUT2D eigenvalue weighted by Crippen LogP contribution is -2.48. The van der Waals surface area contributed by atoms with Crippen LogP contribution in [0.4, 0.5) is 22.0 Å². The van der Waals surface area contributed by atoms with Crippen molar-refractivity contribution in [2.24, 2.45) is 5.73 Å². The van der Waals surface area contributed by atoms with Crippen molar-refractivity contribution in [1.82, 2.24) is 0 Å². The van der Waals surface area contributed by atoms with Gasteiger partial charge in [-0.1, -0.05) is 0 Å². The molecule has 0 aromatic rings. The summed E-state index contributed by atoms with van der Waals surface area (Å²) >= 11 is 0. The van der Waals surface area contributed by atoms with E-state index in [2.05, 4.69) is 0 Å². The fourth-order valence-electron chi connectivity index (χ4n) is 1.63. The molecule has 1 rings (SSSR count). The topological polar surface area (TPSA) is 35.2 Å². The molecule has 0 atom stereocenters. The molecule has 96 valence electrons. The Morgan fingerprint density at radius 3 is 2.00 bits per heavy atom. The van der Waals surface area contributed by atoms with Crippen molar-refractivity contribution < 1.29 is 26.7 Å². The van der Waals surface area contributed by atoms with Gasteiger partial charge in [0.1, 0.15) is 6.61 Å². The average molecular weight is 247 g/mol. The maximum absolute atomic E-state index is 12.6. The number of halogens is 5. The molecule has 1 aliphatic carbocycles. The van der Waals surface area contributed by atoms with Gasteiger partial charge in [-0.3, -0.25) is 0 Å². The second kappa shape index (κ2) is 4.44. The van der Waals surface area contributed by atoms with Crippen LogP contribution in [-0.4, -0.2) is 30.9 Å². The summed E-state index contributed by atoms with van der Waals surface area (Å²) in [5.74, 6) is -4.79. The van der Waals surface area contributed by atoms with Gasteiger partial charge in [0.2, 0.25) is 0 Å². The molecule has 0 aliphatic heterocycles. The first-order valence-electron chi connectivity index (χ1n) is 5.01. The monoisotopic (exact) mass is 247 g/mol. The molecule has 0 aromatic heterocycles. The van der Waals surface area contributed by atoms with Gasteiger partial charge in [-0.25, -0.2) is 0 Å². The number of ether oxygens (including phenoxy) is 1. The molecule has 16 heavy (non-hydrogen) atoms. The minimum Gasteiger partial charge on any atom is -0.368 e. The van der Waals surface area contributed by atoms with E-state index in [0.717, 1.165) is 6.42 Å². The Balaban J connectivity index is 2.50. The van der Waals surface area contributed by atoms with E-state index >= 15 is 0 Å². The maximum atomic E-state index is 12.6. The van der Waals surface area contributed by atoms with Gasteiger partial charge in [0.25, 0.3) is 0 Å². The highest BCUT2D eigenvalue weighted by Gasteiger charge is 2.58. The Bertz CT molecular complexity index is 237. The van der Waals surface area contributed by atoms with Gasteiger partial charge in [0.05, 0.1) is 5.60 Å². The van der Waals surface area contributed by atoms with E-state index in [9.17, 15) is 22.0 Å². The molecule has 1 fully saturated rings. The van der Waals surface area contributed by atoms with Crippen molar-refractivity contribution in [3.63, 3.8) is 0 Å². The molecule has 0 aromatic carbocycles. The highest BCUT2D eigenvalue weighted by molar-refractivity contribution is 4.91. The van der Waals surface area contributed by atoms with Gasteiger partial charge in [-0.2, -0.15) is 22.0 Å². The molecule has 0 spiro atoms. The minimum absolute atomic E-state index is 0.220. The van der Waals surface area contributed by atoms with Crippen LogP contribution in [0.5, 0.6) is 0 Å². The van der Waals surface area contributed by atoms with Crippen LogP contribution in [0.1, 0.15) is 25.7 Å². The zero-order valence-electron chi connectivity index (χ0n) is 8.62. The Kier molecular flexibility index (Phi) is 3.79. The predicted molar refractivity (Wildman–Crippen MR) is 47.2 cm³/mol. The van der Waals surface area contributed by atoms with E-state index in [0.29, 0.717) is 19.3 Å². The molecular weight excluding hydrogens is 233 g/mol. The van der Waals surface area contributed by atoms with Crippen molar-refractivity contribution in [2.45, 2.75) is 43.4 Å². The predicted octanol–water partition coefficient (Wildman–Crippen LogP) is 2.47. The summed E-state index contributed by atoms with van der Waals surface area (Å²) in [5, 5.41) is 0. The van der Waals surface area contributed by atoms with E-state index in [4.69, 9.17) is 10.5 Å². The second-order valence-corrected chi connectivity index (χ2v) is 4.07. The van der Waals surface area contributed by atoms with Gasteiger partial charge in [0, 0.05) is 0 Å². The molecule has 0 heterocycles. The SMILES string of the molecule is NCCC1(OCC(F)(F)C(F)(F)F)CCC1. The number of hydrogen-bond donors (Lipinski definition) is 1. The molecule has 0 unspecified atom stereocenters. The lowest BCUT2D eigenvalue weighted by atomic mass is 9.77. The molecule has 2 N–H and O–H groups in total. The first-order chi connectivity index (χ1) is 7.22. The summed E-state index contributed by atoms with van der Waals surface area (Å²) in [6.45, 7) is -1.39. The summed E-state index contributed by atoms with van der Waals surface area (Å²) in [6, 6.07) is 0. The first-order valence-corrected chi connectivity index (χ1v) is 5.01. The van der Waals surface area contributed by atoms with Crippen LogP contribution in [-0.2, 0) is 4.74 Å². The summed E-state index contributed by atoms with van der Waals surface area (Å²) < 4.78 is 65.5. The summed E-state index contributed by atoms with van der Waals surface area (Å²) in [6.07, 6.45) is -3.46. The Labute approximate surface area is 89.9 Å². The summed E-state index contributed by atoms with van der Waals surface area (Å²) in [4.78, 5) is 0. The molecule has 1 saturated carbocycles. The third-order valence-corrected chi connectivity index (χ3v) is 2.84. The fourth-order valence-corrected chi connectivity index (χ4v) is 1.63. The molecule has 0 radical (unpaired) electrons. The molecule has 0 amide bonds. The van der Waals surface area contributed by atoms with E-state index in [1.807, 2.05) is 0 Å². The van der Waals surface area contributed by atoms with Crippen LogP contribution in [0.25, 0.3) is 0 Å². The fraction of sp³-hybridized carbons (Fsp3) is 1.00. The highest BCUT2D eigenvalue weighted by Crippen LogP contribution is 2.42. The molecular formula is C9H14F5NO. The number of nitrogens with two attached hydrogens (primary N) is 1. The average Bonchev–Trinajstić information content (AvgIpc) is 2.07. The zero-order valence-corrected chi connectivity index (χ0v) is 8.62. The number of rotatable bonds is 5. The van der Waals surface area contributed by atoms with Crippen molar-refractivity contribution in [3.05, 3.63) is 0 Å². The van der Waals surface area contributed by atoms with Crippen LogP contribution >= 0.6 is 0 Å². The van der Waals surface area contributed by atoms with Crippen LogP contribution in [0.15, 0.2) is 0 Å². The Morgan fingerprint density at radius 2 is 1.69 bits per heavy atom. The third-order valence-electron chi connectivity index (χ3n) is 2.84. The lowest BCUT2D eigenvalue weighted by Gasteiger charge is -2.42. The van der Waals surface area contributed by atoms with Gasteiger partial charge in [-0.15, -0.1) is 0 Å². The van der Waals surface area contributed by atoms with E-state index in [-0.39, 0.29) is 6.54 Å². The van der Waals surface area contributed by atoms with Gasteiger partial charge in [-0.05, 0) is 32.2 Å². The van der Waals surface area contributed by atoms with Crippen LogP contribution in [0.3, 0.4) is 0 Å². The largest absolute Gasteiger partial charge is 0.455 e. The lowest BCUT2D eigenvalue weighted by molar-refractivity contribution is -0.309. The second-order valence-electron chi connectivity index (χ2n) is 4.07. The van der Waals surface area contributed by atoms with Gasteiger partial charge < -0.3 is 10.5 Å². The molecule has 0 bridgehead atoms. The van der Waals surface area contributed by atoms with Crippen LogP contribution < -0.4 is 5.73 Å². The maximum Gasteiger partial charge on any atom is 0.455 e. The van der Waals surface area contributed by atoms with Crippen molar-refractivity contribution in [1.29, 1.82) is 0 Å². The van der Waals surface area contributed by atoms with E-state index in [1.165, 1.54) is 0 Å². The van der Waals surface area contributed by atoms with Crippen LogP contribution in [0.2, 0.25) is 0 Å². The molecule has 2 nitrogen and oxygen atoms in total. The smallest absolute Gasteiger partial charge is 0.368 e. The van der Waals surface area contributed by atoms with Crippen molar-refractivity contribution in [3.8, 4) is 0 Å². The molecule has 1 aliphatic rings. The highest BCUT2D eigenvalue weighted by atomic mass is 19.4. The quantitative estimate of drug-likeness (QED) is 0.757. The zero-order chi connectivity index (χ0) is 12.4. The summed E-state index contributed by atoms with van der Waals surface area (Å²) in [5.41, 5.74) is 4.40. The molecule has 7 heteroatoms. The number of hydrogen-bond acceptors (Lipinski definition) is 2. The number of alkyl halides is 5. The van der Waals surface area contributed by atoms with Crippen LogP contribution in [0, 0.1) is 0 Å². The van der Waals surface area contributed by atoms with Gasteiger partial charge >= 0.3 is 12.1 Å². The van der Waals surface area contributed by atoms with E-state index in [1.54, 1.807) is 0 Å². The minimum atomic E-state index is -5.55. The van der Waals surface area contributed by atoms with Crippen molar-refractivity contribution in [2.75, 3.05) is 13.2 Å². The standard InChI is InChI=1S/C9H14F5NO/c10-8(11,9(12,13)14)6-16-7(4-5-15)2-1-3-7/h1-6,15H2. The molecule has 0 saturated heterocycles. The Hall–Kier alpha value is -0.430. The van der Waals surface area contributed by atoms with Crippen molar-refractivity contribution >= 4 is 0 Å². The normalized spacial score (nSPS) is 20.6. The van der Waals surface area contributed by atoms with Gasteiger partial charge in [0.15, 0.2) is 0 Å². The Morgan fingerprint density at radius 1 is 1.12 bits per heavy atom. The first kappa shape index (κ1) is 13.6. The van der Waals surface area contributed by atoms with E-state index < -0.39 is 24.3 Å². The summed E-state index contributed by atoms with van der Waals surface area (Å²) in [7, 11) is 0.